The molecule has 1 aromatic rings. The van der Waals surface area contributed by atoms with Gasteiger partial charge in [0.15, 0.2) is 0 Å². The zero-order valence-corrected chi connectivity index (χ0v) is 9.94. The van der Waals surface area contributed by atoms with Crippen molar-refractivity contribution in [3.05, 3.63) is 27.3 Å². The molecule has 1 unspecified atom stereocenters. The Bertz CT molecular complexity index is 512. The summed E-state index contributed by atoms with van der Waals surface area (Å²) in [7, 11) is 0. The molecule has 0 amide bonds. The largest absolute Gasteiger partial charge is 0.245 e. The summed E-state index contributed by atoms with van der Waals surface area (Å²) in [6.07, 6.45) is 5.32. The lowest BCUT2D eigenvalue weighted by Gasteiger charge is -2.26. The molecule has 3 heteroatoms. The van der Waals surface area contributed by atoms with Crippen LogP contribution in [0.15, 0.2) is 17.4 Å². The normalized spacial score (nSPS) is 25.0. The lowest BCUT2D eigenvalue weighted by atomic mass is 9.79. The highest BCUT2D eigenvalue weighted by Crippen LogP contribution is 2.33. The molecule has 0 fully saturated rings. The fourth-order valence-electron chi connectivity index (χ4n) is 1.61. The first-order chi connectivity index (χ1) is 7.01. The molecule has 0 radical (unpaired) electrons. The van der Waals surface area contributed by atoms with Crippen molar-refractivity contribution in [2.24, 2.45) is 11.3 Å². The van der Waals surface area contributed by atoms with Crippen LogP contribution in [0.4, 0.5) is 4.39 Å². The molecule has 0 bridgehead atoms. The Morgan fingerprint density at radius 3 is 2.80 bits per heavy atom. The molecule has 0 aliphatic heterocycles. The monoisotopic (exact) mass is 223 g/mol. The molecule has 15 heavy (non-hydrogen) atoms. The molecule has 80 valence electrons. The van der Waals surface area contributed by atoms with Crippen molar-refractivity contribution in [2.45, 2.75) is 20.8 Å². The van der Waals surface area contributed by atoms with Crippen molar-refractivity contribution >= 4 is 23.5 Å². The van der Waals surface area contributed by atoms with Gasteiger partial charge < -0.3 is 0 Å². The van der Waals surface area contributed by atoms with Crippen LogP contribution in [0.25, 0.3) is 12.2 Å². The summed E-state index contributed by atoms with van der Waals surface area (Å²) in [5.74, 6) is 0.178. The van der Waals surface area contributed by atoms with Gasteiger partial charge >= 0.3 is 0 Å². The fraction of sp³-hybridized carbons (Fsp3) is 0.417. The van der Waals surface area contributed by atoms with E-state index in [1.807, 2.05) is 0 Å². The van der Waals surface area contributed by atoms with Gasteiger partial charge in [-0.25, -0.2) is 9.37 Å². The molecule has 1 aromatic heterocycles. The van der Waals surface area contributed by atoms with Gasteiger partial charge in [0.1, 0.15) is 5.83 Å². The van der Waals surface area contributed by atoms with E-state index in [4.69, 9.17) is 0 Å². The molecule has 0 saturated carbocycles. The number of thiazole rings is 1. The van der Waals surface area contributed by atoms with Crippen LogP contribution < -0.4 is 9.88 Å². The standard InChI is InChI=1S/C12H14FNS/c1-8(2)12(3)5-9(13)4-10-11(6-12)15-7-14-10/h4-8H,1-3H3. The third-order valence-electron chi connectivity index (χ3n) is 3.03. The van der Waals surface area contributed by atoms with Crippen molar-refractivity contribution in [3.63, 3.8) is 0 Å². The number of halogens is 1. The van der Waals surface area contributed by atoms with E-state index >= 15 is 0 Å². The summed E-state index contributed by atoms with van der Waals surface area (Å²) in [6.45, 7) is 6.26. The molecule has 1 aliphatic carbocycles. The van der Waals surface area contributed by atoms with Crippen molar-refractivity contribution < 1.29 is 4.39 Å². The summed E-state index contributed by atoms with van der Waals surface area (Å²) in [5.41, 5.74) is 1.54. The number of fused-ring (bicyclic) bond motifs is 1. The third kappa shape index (κ3) is 1.88. The second-order valence-corrected chi connectivity index (χ2v) is 5.33. The van der Waals surface area contributed by atoms with Crippen LogP contribution in [0.3, 0.4) is 0 Å². The first kappa shape index (κ1) is 10.6. The average molecular weight is 223 g/mol. The highest BCUT2D eigenvalue weighted by molar-refractivity contribution is 7.07. The van der Waals surface area contributed by atoms with E-state index in [0.29, 0.717) is 5.92 Å². The number of hydrogen-bond donors (Lipinski definition) is 0. The van der Waals surface area contributed by atoms with Gasteiger partial charge in [0.2, 0.25) is 0 Å². The van der Waals surface area contributed by atoms with Gasteiger partial charge in [-0.1, -0.05) is 26.8 Å². The molecule has 0 saturated heterocycles. The molecule has 1 nitrogen and oxygen atoms in total. The molecular weight excluding hydrogens is 209 g/mol. The highest BCUT2D eigenvalue weighted by atomic mass is 32.1. The SMILES string of the molecule is CC(C)C1(C)C=C(F)C=c2ncsc2=C1. The van der Waals surface area contributed by atoms with E-state index in [1.165, 1.54) is 6.08 Å². The maximum Gasteiger partial charge on any atom is 0.122 e. The summed E-state index contributed by atoms with van der Waals surface area (Å²) < 4.78 is 14.7. The second-order valence-electron chi connectivity index (χ2n) is 4.44. The van der Waals surface area contributed by atoms with Gasteiger partial charge in [0, 0.05) is 11.5 Å². The Balaban J connectivity index is 2.70. The van der Waals surface area contributed by atoms with Crippen LogP contribution >= 0.6 is 11.3 Å². The molecular formula is C12H14FNS. The minimum Gasteiger partial charge on any atom is -0.245 e. The fourth-order valence-corrected chi connectivity index (χ4v) is 2.44. The molecule has 0 N–H and O–H groups in total. The highest BCUT2D eigenvalue weighted by Gasteiger charge is 2.25. The maximum atomic E-state index is 13.6. The van der Waals surface area contributed by atoms with E-state index in [1.54, 1.807) is 22.9 Å². The Hall–Kier alpha value is -0.960. The zero-order chi connectivity index (χ0) is 11.1. The summed E-state index contributed by atoms with van der Waals surface area (Å²) in [5, 5.41) is 0.748. The first-order valence-corrected chi connectivity index (χ1v) is 5.92. The van der Waals surface area contributed by atoms with Crippen LogP contribution in [0, 0.1) is 11.3 Å². The Morgan fingerprint density at radius 1 is 1.40 bits per heavy atom. The Kier molecular flexibility index (Phi) is 2.51. The van der Waals surface area contributed by atoms with Gasteiger partial charge in [-0.3, -0.25) is 0 Å². The van der Waals surface area contributed by atoms with Crippen LogP contribution in [0.5, 0.6) is 0 Å². The Labute approximate surface area is 92.7 Å². The van der Waals surface area contributed by atoms with Gasteiger partial charge in [-0.15, -0.1) is 11.3 Å². The van der Waals surface area contributed by atoms with E-state index in [9.17, 15) is 4.39 Å². The maximum absolute atomic E-state index is 13.6. The number of rotatable bonds is 1. The molecule has 0 spiro atoms. The predicted molar refractivity (Wildman–Crippen MR) is 62.4 cm³/mol. The smallest absolute Gasteiger partial charge is 0.122 e. The van der Waals surface area contributed by atoms with Crippen LogP contribution in [-0.2, 0) is 0 Å². The molecule has 1 atom stereocenters. The molecule has 1 aliphatic rings. The first-order valence-electron chi connectivity index (χ1n) is 5.04. The summed E-state index contributed by atoms with van der Waals surface area (Å²) in [4.78, 5) is 4.14. The van der Waals surface area contributed by atoms with E-state index < -0.39 is 0 Å². The lowest BCUT2D eigenvalue weighted by Crippen LogP contribution is -2.25. The van der Waals surface area contributed by atoms with Crippen molar-refractivity contribution in [3.8, 4) is 0 Å². The number of nitrogens with zero attached hydrogens (tertiary/aromatic N) is 1. The van der Waals surface area contributed by atoms with Crippen molar-refractivity contribution in [2.75, 3.05) is 0 Å². The number of aromatic nitrogens is 1. The van der Waals surface area contributed by atoms with Crippen LogP contribution in [0.1, 0.15) is 20.8 Å². The number of allylic oxidation sites excluding steroid dienone is 2. The quantitative estimate of drug-likeness (QED) is 0.711. The van der Waals surface area contributed by atoms with E-state index in [0.717, 1.165) is 9.88 Å². The predicted octanol–water partition coefficient (Wildman–Crippen LogP) is 2.23. The van der Waals surface area contributed by atoms with E-state index in [2.05, 4.69) is 31.8 Å². The Morgan fingerprint density at radius 2 is 2.13 bits per heavy atom. The third-order valence-corrected chi connectivity index (χ3v) is 3.83. The summed E-state index contributed by atoms with van der Waals surface area (Å²) >= 11 is 1.56. The minimum atomic E-state index is -0.224. The van der Waals surface area contributed by atoms with Crippen molar-refractivity contribution in [1.29, 1.82) is 0 Å². The van der Waals surface area contributed by atoms with Gasteiger partial charge in [0.25, 0.3) is 0 Å². The van der Waals surface area contributed by atoms with Crippen LogP contribution in [0.2, 0.25) is 0 Å². The van der Waals surface area contributed by atoms with Gasteiger partial charge in [-0.2, -0.15) is 0 Å². The summed E-state index contributed by atoms with van der Waals surface area (Å²) in [6, 6.07) is 0. The zero-order valence-electron chi connectivity index (χ0n) is 9.12. The van der Waals surface area contributed by atoms with E-state index in [-0.39, 0.29) is 11.2 Å². The second kappa shape index (κ2) is 3.56. The minimum absolute atomic E-state index is 0.188. The topological polar surface area (TPSA) is 12.9 Å². The van der Waals surface area contributed by atoms with Crippen LogP contribution in [-0.4, -0.2) is 4.98 Å². The van der Waals surface area contributed by atoms with Gasteiger partial charge in [-0.05, 0) is 12.0 Å². The van der Waals surface area contributed by atoms with Crippen molar-refractivity contribution in [1.82, 2.24) is 4.98 Å². The molecule has 1 heterocycles. The molecule has 0 aromatic carbocycles. The van der Waals surface area contributed by atoms with Gasteiger partial charge in [0.05, 0.1) is 15.4 Å². The lowest BCUT2D eigenvalue weighted by molar-refractivity contribution is 0.402. The average Bonchev–Trinajstić information content (AvgIpc) is 2.47. The number of hydrogen-bond acceptors (Lipinski definition) is 2. The molecule has 2 rings (SSSR count).